The lowest BCUT2D eigenvalue weighted by Crippen LogP contribution is -2.44. The Kier molecular flexibility index (Phi) is 3.22. The number of hydrogen-bond donors (Lipinski definition) is 1. The molecular weight excluding hydrogens is 223 g/mol. The third-order valence-corrected chi connectivity index (χ3v) is 2.28. The van der Waals surface area contributed by atoms with Crippen LogP contribution in [0.4, 0.5) is 13.2 Å². The first-order valence-electron chi connectivity index (χ1n) is 3.51. The molecule has 0 aromatic heterocycles. The van der Waals surface area contributed by atoms with E-state index in [0.717, 1.165) is 4.72 Å². The minimum Gasteiger partial charge on any atom is -0.273 e. The van der Waals surface area contributed by atoms with E-state index in [9.17, 15) is 26.4 Å². The lowest BCUT2D eigenvalue weighted by molar-refractivity contribution is -0.127. The molecule has 0 aliphatic carbocycles. The normalized spacial score (nSPS) is 13.9. The summed E-state index contributed by atoms with van der Waals surface area (Å²) < 4.78 is 57.2. The van der Waals surface area contributed by atoms with Gasteiger partial charge in [0.1, 0.15) is 0 Å². The first-order valence-corrected chi connectivity index (χ1v) is 5.00. The topological polar surface area (TPSA) is 63.2 Å². The maximum absolute atomic E-state index is 11.8. The van der Waals surface area contributed by atoms with E-state index >= 15 is 0 Å². The minimum atomic E-state index is -5.58. The van der Waals surface area contributed by atoms with Gasteiger partial charge in [0.2, 0.25) is 5.91 Å². The highest BCUT2D eigenvalue weighted by Gasteiger charge is 2.47. The molecule has 84 valence electrons. The SMILES string of the molecule is CC(C)(C)C(=O)NS(=O)(=O)C(F)(F)F. The third-order valence-electron chi connectivity index (χ3n) is 1.21. The molecule has 0 heterocycles. The highest BCUT2D eigenvalue weighted by atomic mass is 32.2. The molecule has 14 heavy (non-hydrogen) atoms. The van der Waals surface area contributed by atoms with Gasteiger partial charge < -0.3 is 0 Å². The molecule has 1 N–H and O–H groups in total. The van der Waals surface area contributed by atoms with Crippen molar-refractivity contribution in [3.05, 3.63) is 0 Å². The molecule has 0 radical (unpaired) electrons. The Morgan fingerprint density at radius 2 is 1.50 bits per heavy atom. The van der Waals surface area contributed by atoms with Crippen molar-refractivity contribution in [2.24, 2.45) is 5.41 Å². The molecule has 0 saturated heterocycles. The average Bonchev–Trinajstić information content (AvgIpc) is 1.80. The molecule has 0 aliphatic rings. The van der Waals surface area contributed by atoms with E-state index in [4.69, 9.17) is 0 Å². The Hall–Kier alpha value is -0.790. The number of sulfonamides is 1. The Balaban J connectivity index is 4.82. The Morgan fingerprint density at radius 1 is 1.14 bits per heavy atom. The van der Waals surface area contributed by atoms with E-state index in [-0.39, 0.29) is 0 Å². The highest BCUT2D eigenvalue weighted by Crippen LogP contribution is 2.23. The van der Waals surface area contributed by atoms with Crippen LogP contribution in [-0.4, -0.2) is 19.8 Å². The fraction of sp³-hybridized carbons (Fsp3) is 0.833. The fourth-order valence-electron chi connectivity index (χ4n) is 0.333. The summed E-state index contributed by atoms with van der Waals surface area (Å²) in [4.78, 5) is 10.9. The van der Waals surface area contributed by atoms with Gasteiger partial charge in [-0.15, -0.1) is 0 Å². The van der Waals surface area contributed by atoms with Crippen molar-refractivity contribution >= 4 is 15.9 Å². The van der Waals surface area contributed by atoms with E-state index in [2.05, 4.69) is 0 Å². The second-order valence-electron chi connectivity index (χ2n) is 3.63. The monoisotopic (exact) mass is 233 g/mol. The van der Waals surface area contributed by atoms with Crippen molar-refractivity contribution < 1.29 is 26.4 Å². The van der Waals surface area contributed by atoms with E-state index < -0.39 is 26.9 Å². The fourth-order valence-corrected chi connectivity index (χ4v) is 0.999. The van der Waals surface area contributed by atoms with E-state index in [1.165, 1.54) is 20.8 Å². The first kappa shape index (κ1) is 13.2. The predicted molar refractivity (Wildman–Crippen MR) is 42.6 cm³/mol. The zero-order chi connectivity index (χ0) is 11.8. The molecule has 1 amide bonds. The van der Waals surface area contributed by atoms with Crippen LogP contribution in [-0.2, 0) is 14.8 Å². The number of alkyl halides is 3. The van der Waals surface area contributed by atoms with Crippen molar-refractivity contribution in [1.29, 1.82) is 0 Å². The maximum atomic E-state index is 11.8. The molecule has 0 aliphatic heterocycles. The molecule has 0 bridgehead atoms. The summed E-state index contributed by atoms with van der Waals surface area (Å²) in [7, 11) is -5.58. The standard InChI is InChI=1S/C6H10F3NO3S/c1-5(2,3)4(11)10-14(12,13)6(7,8)9/h1-3H3,(H,10,11). The van der Waals surface area contributed by atoms with Crippen LogP contribution in [0.3, 0.4) is 0 Å². The van der Waals surface area contributed by atoms with Crippen LogP contribution in [0.1, 0.15) is 20.8 Å². The molecular formula is C6H10F3NO3S. The number of halogens is 3. The number of rotatable bonds is 1. The zero-order valence-electron chi connectivity index (χ0n) is 7.77. The summed E-state index contributed by atoms with van der Waals surface area (Å²) in [6, 6.07) is 0. The second kappa shape index (κ2) is 3.41. The van der Waals surface area contributed by atoms with Crippen LogP contribution >= 0.6 is 0 Å². The van der Waals surface area contributed by atoms with Gasteiger partial charge >= 0.3 is 15.5 Å². The van der Waals surface area contributed by atoms with Gasteiger partial charge in [0.05, 0.1) is 0 Å². The predicted octanol–water partition coefficient (Wildman–Crippen LogP) is 0.998. The molecule has 0 atom stereocenters. The molecule has 0 aromatic rings. The van der Waals surface area contributed by atoms with Crippen LogP contribution in [0.5, 0.6) is 0 Å². The molecule has 4 nitrogen and oxygen atoms in total. The van der Waals surface area contributed by atoms with Gasteiger partial charge in [-0.25, -0.2) is 4.72 Å². The van der Waals surface area contributed by atoms with Gasteiger partial charge in [0, 0.05) is 5.41 Å². The number of carbonyl (C=O) groups is 1. The highest BCUT2D eigenvalue weighted by molar-refractivity contribution is 7.90. The van der Waals surface area contributed by atoms with Crippen LogP contribution in [0.25, 0.3) is 0 Å². The summed E-state index contributed by atoms with van der Waals surface area (Å²) in [5.74, 6) is -1.20. The van der Waals surface area contributed by atoms with Crippen molar-refractivity contribution in [2.45, 2.75) is 26.3 Å². The Bertz CT molecular complexity index is 325. The van der Waals surface area contributed by atoms with Crippen molar-refractivity contribution in [2.75, 3.05) is 0 Å². The quantitative estimate of drug-likeness (QED) is 0.734. The largest absolute Gasteiger partial charge is 0.516 e. The van der Waals surface area contributed by atoms with Gasteiger partial charge in [-0.2, -0.15) is 21.6 Å². The average molecular weight is 233 g/mol. The Labute approximate surface area is 79.5 Å². The summed E-state index contributed by atoms with van der Waals surface area (Å²) in [5, 5.41) is 0. The molecule has 0 saturated carbocycles. The van der Waals surface area contributed by atoms with Gasteiger partial charge in [-0.1, -0.05) is 20.8 Å². The number of hydrogen-bond acceptors (Lipinski definition) is 3. The minimum absolute atomic E-state index is 0.944. The summed E-state index contributed by atoms with van der Waals surface area (Å²) in [5.41, 5.74) is -6.66. The summed E-state index contributed by atoms with van der Waals surface area (Å²) in [6.45, 7) is 3.90. The second-order valence-corrected chi connectivity index (χ2v) is 5.30. The third kappa shape index (κ3) is 3.17. The smallest absolute Gasteiger partial charge is 0.273 e. The molecule has 0 spiro atoms. The van der Waals surface area contributed by atoms with Crippen molar-refractivity contribution in [3.8, 4) is 0 Å². The van der Waals surface area contributed by atoms with E-state index in [0.29, 0.717) is 0 Å². The molecule has 8 heteroatoms. The van der Waals surface area contributed by atoms with Crippen LogP contribution < -0.4 is 4.72 Å². The Morgan fingerprint density at radius 3 is 1.71 bits per heavy atom. The lowest BCUT2D eigenvalue weighted by Gasteiger charge is -2.18. The lowest BCUT2D eigenvalue weighted by atomic mass is 9.96. The zero-order valence-corrected chi connectivity index (χ0v) is 8.58. The van der Waals surface area contributed by atoms with Crippen LogP contribution in [0.15, 0.2) is 0 Å². The molecule has 0 unspecified atom stereocenters. The van der Waals surface area contributed by atoms with E-state index in [1.54, 1.807) is 0 Å². The van der Waals surface area contributed by atoms with Gasteiger partial charge in [0.15, 0.2) is 0 Å². The number of amides is 1. The number of carbonyl (C=O) groups excluding carboxylic acids is 1. The number of nitrogens with one attached hydrogen (secondary N) is 1. The van der Waals surface area contributed by atoms with Crippen LogP contribution in [0, 0.1) is 5.41 Å². The summed E-state index contributed by atoms with van der Waals surface area (Å²) in [6.07, 6.45) is 0. The van der Waals surface area contributed by atoms with Crippen molar-refractivity contribution in [1.82, 2.24) is 4.72 Å². The maximum Gasteiger partial charge on any atom is 0.516 e. The van der Waals surface area contributed by atoms with Crippen LogP contribution in [0.2, 0.25) is 0 Å². The summed E-state index contributed by atoms with van der Waals surface area (Å²) >= 11 is 0. The van der Waals surface area contributed by atoms with Gasteiger partial charge in [0.25, 0.3) is 0 Å². The van der Waals surface area contributed by atoms with Crippen molar-refractivity contribution in [3.63, 3.8) is 0 Å². The molecule has 0 aromatic carbocycles. The molecule has 0 fully saturated rings. The van der Waals surface area contributed by atoms with Gasteiger partial charge in [-0.05, 0) is 0 Å². The van der Waals surface area contributed by atoms with E-state index in [1.807, 2.05) is 0 Å². The van der Waals surface area contributed by atoms with Gasteiger partial charge in [-0.3, -0.25) is 4.79 Å². The molecule has 0 rings (SSSR count). The first-order chi connectivity index (χ1) is 5.88.